The number of imidazole rings is 1. The number of benzene rings is 1. The normalized spacial score (nSPS) is 16.6. The quantitative estimate of drug-likeness (QED) is 0.920. The van der Waals surface area contributed by atoms with Crippen molar-refractivity contribution >= 4 is 11.0 Å². The highest BCUT2D eigenvalue weighted by molar-refractivity contribution is 5.76. The number of hydrogen-bond acceptors (Lipinski definition) is 2. The van der Waals surface area contributed by atoms with E-state index in [2.05, 4.69) is 28.7 Å². The van der Waals surface area contributed by atoms with Crippen LogP contribution in [-0.4, -0.2) is 15.6 Å². The summed E-state index contributed by atoms with van der Waals surface area (Å²) in [6.07, 6.45) is 5.17. The molecular formula is C16H22FN3. The van der Waals surface area contributed by atoms with Crippen molar-refractivity contribution in [2.45, 2.75) is 58.2 Å². The topological polar surface area (TPSA) is 29.9 Å². The summed E-state index contributed by atoms with van der Waals surface area (Å²) in [5.74, 6) is 0.808. The number of aromatic nitrogens is 2. The molecule has 108 valence electrons. The number of hydrogen-bond donors (Lipinski definition) is 1. The molecule has 1 fully saturated rings. The van der Waals surface area contributed by atoms with E-state index in [1.54, 1.807) is 12.1 Å². The zero-order valence-electron chi connectivity index (χ0n) is 12.2. The molecule has 1 saturated carbocycles. The summed E-state index contributed by atoms with van der Waals surface area (Å²) in [5.41, 5.74) is 1.77. The van der Waals surface area contributed by atoms with Crippen LogP contribution in [0.4, 0.5) is 4.39 Å². The Kier molecular flexibility index (Phi) is 3.74. The SMILES string of the molecule is CC(C)n1c(CNC2CCCC2)nc2ccc(F)cc21. The van der Waals surface area contributed by atoms with Crippen LogP contribution < -0.4 is 5.32 Å². The molecule has 0 radical (unpaired) electrons. The molecule has 3 rings (SSSR count). The fraction of sp³-hybridized carbons (Fsp3) is 0.562. The van der Waals surface area contributed by atoms with Crippen LogP contribution in [0.3, 0.4) is 0 Å². The molecule has 0 amide bonds. The second-order valence-corrected chi connectivity index (χ2v) is 5.99. The largest absolute Gasteiger partial charge is 0.324 e. The monoisotopic (exact) mass is 275 g/mol. The molecule has 1 aromatic carbocycles. The molecular weight excluding hydrogens is 253 g/mol. The van der Waals surface area contributed by atoms with Crippen LogP contribution in [0, 0.1) is 5.82 Å². The molecule has 1 aliphatic carbocycles. The maximum absolute atomic E-state index is 13.5. The highest BCUT2D eigenvalue weighted by Gasteiger charge is 2.17. The lowest BCUT2D eigenvalue weighted by molar-refractivity contribution is 0.489. The first-order chi connectivity index (χ1) is 9.65. The van der Waals surface area contributed by atoms with Gasteiger partial charge in [-0.05, 0) is 44.9 Å². The molecule has 3 nitrogen and oxygen atoms in total. The lowest BCUT2D eigenvalue weighted by Crippen LogP contribution is -2.27. The van der Waals surface area contributed by atoms with Crippen molar-refractivity contribution in [3.05, 3.63) is 29.8 Å². The Morgan fingerprint density at radius 1 is 1.35 bits per heavy atom. The van der Waals surface area contributed by atoms with Gasteiger partial charge >= 0.3 is 0 Å². The molecule has 20 heavy (non-hydrogen) atoms. The van der Waals surface area contributed by atoms with Crippen molar-refractivity contribution in [2.75, 3.05) is 0 Å². The zero-order chi connectivity index (χ0) is 14.1. The third-order valence-corrected chi connectivity index (χ3v) is 4.15. The average molecular weight is 275 g/mol. The number of rotatable bonds is 4. The van der Waals surface area contributed by atoms with E-state index in [1.165, 1.54) is 31.7 Å². The lowest BCUT2D eigenvalue weighted by atomic mass is 10.2. The minimum absolute atomic E-state index is 0.199. The number of nitrogens with one attached hydrogen (secondary N) is 1. The van der Waals surface area contributed by atoms with E-state index < -0.39 is 0 Å². The van der Waals surface area contributed by atoms with Gasteiger partial charge in [-0.2, -0.15) is 0 Å². The molecule has 1 aliphatic rings. The molecule has 0 bridgehead atoms. The van der Waals surface area contributed by atoms with Crippen molar-refractivity contribution in [2.24, 2.45) is 0 Å². The summed E-state index contributed by atoms with van der Waals surface area (Å²) < 4.78 is 15.6. The smallest absolute Gasteiger partial charge is 0.125 e. The van der Waals surface area contributed by atoms with Gasteiger partial charge in [0.2, 0.25) is 0 Å². The average Bonchev–Trinajstić information content (AvgIpc) is 3.02. The molecule has 1 aromatic heterocycles. The Balaban J connectivity index is 1.90. The van der Waals surface area contributed by atoms with Crippen molar-refractivity contribution in [3.63, 3.8) is 0 Å². The van der Waals surface area contributed by atoms with E-state index in [4.69, 9.17) is 0 Å². The van der Waals surface area contributed by atoms with Gasteiger partial charge in [-0.25, -0.2) is 9.37 Å². The van der Waals surface area contributed by atoms with E-state index in [1.807, 2.05) is 0 Å². The van der Waals surface area contributed by atoms with Crippen molar-refractivity contribution < 1.29 is 4.39 Å². The molecule has 0 unspecified atom stereocenters. The van der Waals surface area contributed by atoms with Gasteiger partial charge in [-0.1, -0.05) is 12.8 Å². The summed E-state index contributed by atoms with van der Waals surface area (Å²) >= 11 is 0. The van der Waals surface area contributed by atoms with E-state index in [9.17, 15) is 4.39 Å². The predicted molar refractivity (Wildman–Crippen MR) is 79.2 cm³/mol. The van der Waals surface area contributed by atoms with Crippen LogP contribution in [0.1, 0.15) is 51.4 Å². The van der Waals surface area contributed by atoms with Gasteiger partial charge in [0.1, 0.15) is 11.6 Å². The van der Waals surface area contributed by atoms with Gasteiger partial charge in [0.25, 0.3) is 0 Å². The van der Waals surface area contributed by atoms with Gasteiger partial charge < -0.3 is 9.88 Å². The van der Waals surface area contributed by atoms with E-state index in [-0.39, 0.29) is 11.9 Å². The Bertz CT molecular complexity index is 597. The molecule has 4 heteroatoms. The van der Waals surface area contributed by atoms with Crippen molar-refractivity contribution in [3.8, 4) is 0 Å². The summed E-state index contributed by atoms with van der Waals surface area (Å²) in [7, 11) is 0. The predicted octanol–water partition coefficient (Wildman–Crippen LogP) is 3.79. The third-order valence-electron chi connectivity index (χ3n) is 4.15. The summed E-state index contributed by atoms with van der Waals surface area (Å²) in [6.45, 7) is 5.00. The molecule has 0 spiro atoms. The van der Waals surface area contributed by atoms with Gasteiger partial charge in [0.15, 0.2) is 0 Å². The van der Waals surface area contributed by atoms with Crippen LogP contribution in [0.15, 0.2) is 18.2 Å². The summed E-state index contributed by atoms with van der Waals surface area (Å²) in [5, 5.41) is 3.59. The van der Waals surface area contributed by atoms with Crippen molar-refractivity contribution in [1.82, 2.24) is 14.9 Å². The molecule has 0 atom stereocenters. The first-order valence-corrected chi connectivity index (χ1v) is 7.55. The van der Waals surface area contributed by atoms with Crippen LogP contribution in [-0.2, 0) is 6.54 Å². The lowest BCUT2D eigenvalue weighted by Gasteiger charge is -2.16. The summed E-state index contributed by atoms with van der Waals surface area (Å²) in [4.78, 5) is 4.67. The zero-order valence-corrected chi connectivity index (χ0v) is 12.2. The minimum Gasteiger partial charge on any atom is -0.324 e. The van der Waals surface area contributed by atoms with E-state index >= 15 is 0 Å². The standard InChI is InChI=1S/C16H22FN3/c1-11(2)20-15-9-12(17)7-8-14(15)19-16(20)10-18-13-5-3-4-6-13/h7-9,11,13,18H,3-6,10H2,1-2H3. The van der Waals surface area contributed by atoms with Crippen LogP contribution in [0.5, 0.6) is 0 Å². The van der Waals surface area contributed by atoms with Gasteiger partial charge in [-0.3, -0.25) is 0 Å². The first kappa shape index (κ1) is 13.6. The van der Waals surface area contributed by atoms with Crippen molar-refractivity contribution in [1.29, 1.82) is 0 Å². The summed E-state index contributed by atoms with van der Waals surface area (Å²) in [6, 6.07) is 5.73. The number of fused-ring (bicyclic) bond motifs is 1. The van der Waals surface area contributed by atoms with Gasteiger partial charge in [-0.15, -0.1) is 0 Å². The van der Waals surface area contributed by atoms with Gasteiger partial charge in [0.05, 0.1) is 17.6 Å². The Hall–Kier alpha value is -1.42. The second kappa shape index (κ2) is 5.52. The van der Waals surface area contributed by atoms with E-state index in [0.717, 1.165) is 23.4 Å². The maximum Gasteiger partial charge on any atom is 0.125 e. The molecule has 1 heterocycles. The number of halogens is 1. The van der Waals surface area contributed by atoms with E-state index in [0.29, 0.717) is 6.04 Å². The van der Waals surface area contributed by atoms with Crippen LogP contribution >= 0.6 is 0 Å². The third kappa shape index (κ3) is 2.57. The fourth-order valence-electron chi connectivity index (χ4n) is 3.18. The minimum atomic E-state index is -0.199. The Morgan fingerprint density at radius 2 is 2.10 bits per heavy atom. The van der Waals surface area contributed by atoms with Gasteiger partial charge in [0, 0.05) is 12.1 Å². The molecule has 2 aromatic rings. The molecule has 0 aliphatic heterocycles. The maximum atomic E-state index is 13.5. The molecule has 1 N–H and O–H groups in total. The number of nitrogens with zero attached hydrogens (tertiary/aromatic N) is 2. The highest BCUT2D eigenvalue weighted by atomic mass is 19.1. The van der Waals surface area contributed by atoms with Crippen LogP contribution in [0.25, 0.3) is 11.0 Å². The fourth-order valence-corrected chi connectivity index (χ4v) is 3.18. The highest BCUT2D eigenvalue weighted by Crippen LogP contribution is 2.23. The first-order valence-electron chi connectivity index (χ1n) is 7.55. The Morgan fingerprint density at radius 3 is 2.80 bits per heavy atom. The van der Waals surface area contributed by atoms with Crippen LogP contribution in [0.2, 0.25) is 0 Å². The Labute approximate surface area is 119 Å². The molecule has 0 saturated heterocycles. The second-order valence-electron chi connectivity index (χ2n) is 5.99.